The van der Waals surface area contributed by atoms with Gasteiger partial charge in [-0.05, 0) is 61.3 Å². The first kappa shape index (κ1) is 20.0. The van der Waals surface area contributed by atoms with Crippen molar-refractivity contribution in [2.45, 2.75) is 46.1 Å². The Morgan fingerprint density at radius 1 is 1.26 bits per heavy atom. The van der Waals surface area contributed by atoms with E-state index in [-0.39, 0.29) is 5.41 Å². The molecule has 0 saturated carbocycles. The third kappa shape index (κ3) is 3.94. The molecular formula is C23H32FNO2. The molecule has 3 rings (SSSR count). The Balaban J connectivity index is 1.99. The zero-order valence-electron chi connectivity index (χ0n) is 17.3. The van der Waals surface area contributed by atoms with Crippen molar-refractivity contribution in [3.05, 3.63) is 23.3 Å². The summed E-state index contributed by atoms with van der Waals surface area (Å²) in [6, 6.07) is 4.56. The molecule has 2 aliphatic heterocycles. The lowest BCUT2D eigenvalue weighted by atomic mass is 9.65. The molecular weight excluding hydrogens is 341 g/mol. The van der Waals surface area contributed by atoms with Crippen molar-refractivity contribution in [3.8, 4) is 23.3 Å². The first-order valence-electron chi connectivity index (χ1n) is 9.96. The SMILES string of the molecule is COc1cc2c(cc1OC)[C@H]1C[C@](C)(C#CCF)[C@H](CC(C)C)CN1CC2. The summed E-state index contributed by atoms with van der Waals surface area (Å²) < 4.78 is 23.9. The Kier molecular flexibility index (Phi) is 6.01. The molecule has 3 atom stereocenters. The normalized spacial score (nSPS) is 27.4. The van der Waals surface area contributed by atoms with E-state index in [0.29, 0.717) is 17.9 Å². The van der Waals surface area contributed by atoms with Crippen LogP contribution in [0, 0.1) is 29.1 Å². The summed E-state index contributed by atoms with van der Waals surface area (Å²) in [5, 5.41) is 0. The second kappa shape index (κ2) is 8.10. The van der Waals surface area contributed by atoms with Crippen molar-refractivity contribution in [2.24, 2.45) is 17.3 Å². The van der Waals surface area contributed by atoms with Crippen LogP contribution >= 0.6 is 0 Å². The van der Waals surface area contributed by atoms with Crippen molar-refractivity contribution >= 4 is 0 Å². The molecule has 0 aromatic heterocycles. The maximum atomic E-state index is 12.8. The molecule has 1 aromatic rings. The summed E-state index contributed by atoms with van der Waals surface area (Å²) in [7, 11) is 3.36. The molecule has 0 unspecified atom stereocenters. The van der Waals surface area contributed by atoms with E-state index in [1.165, 1.54) is 11.1 Å². The zero-order valence-corrected chi connectivity index (χ0v) is 17.3. The van der Waals surface area contributed by atoms with E-state index in [1.54, 1.807) is 14.2 Å². The van der Waals surface area contributed by atoms with Gasteiger partial charge < -0.3 is 9.47 Å². The van der Waals surface area contributed by atoms with Crippen LogP contribution < -0.4 is 9.47 Å². The van der Waals surface area contributed by atoms with E-state index in [0.717, 1.165) is 43.9 Å². The number of hydrogen-bond donors (Lipinski definition) is 0. The fraction of sp³-hybridized carbons (Fsp3) is 0.652. The van der Waals surface area contributed by atoms with Gasteiger partial charge in [0.05, 0.1) is 14.2 Å². The van der Waals surface area contributed by atoms with Gasteiger partial charge in [-0.2, -0.15) is 0 Å². The Bertz CT molecular complexity index is 736. The van der Waals surface area contributed by atoms with Gasteiger partial charge in [0.1, 0.15) is 6.67 Å². The molecule has 0 amide bonds. The van der Waals surface area contributed by atoms with Crippen LogP contribution in [0.15, 0.2) is 12.1 Å². The average Bonchev–Trinajstić information content (AvgIpc) is 2.65. The summed E-state index contributed by atoms with van der Waals surface area (Å²) in [4.78, 5) is 2.60. The van der Waals surface area contributed by atoms with Crippen LogP contribution in [0.25, 0.3) is 0 Å². The van der Waals surface area contributed by atoms with Crippen molar-refractivity contribution in [1.29, 1.82) is 0 Å². The molecule has 0 N–H and O–H groups in total. The molecule has 0 bridgehead atoms. The maximum absolute atomic E-state index is 12.8. The number of fused-ring (bicyclic) bond motifs is 3. The van der Waals surface area contributed by atoms with Crippen LogP contribution in [-0.4, -0.2) is 38.9 Å². The third-order valence-electron chi connectivity index (χ3n) is 6.28. The van der Waals surface area contributed by atoms with Crippen molar-refractivity contribution < 1.29 is 13.9 Å². The Hall–Kier alpha value is -1.73. The summed E-state index contributed by atoms with van der Waals surface area (Å²) in [6.45, 7) is 8.26. The number of hydrogen-bond acceptors (Lipinski definition) is 3. The highest BCUT2D eigenvalue weighted by Gasteiger charge is 2.45. The van der Waals surface area contributed by atoms with Gasteiger partial charge in [-0.3, -0.25) is 4.90 Å². The van der Waals surface area contributed by atoms with E-state index >= 15 is 0 Å². The second-order valence-corrected chi connectivity index (χ2v) is 8.55. The largest absolute Gasteiger partial charge is 0.493 e. The second-order valence-electron chi connectivity index (χ2n) is 8.55. The van der Waals surface area contributed by atoms with E-state index in [9.17, 15) is 4.39 Å². The molecule has 148 valence electrons. The quantitative estimate of drug-likeness (QED) is 0.717. The Morgan fingerprint density at radius 3 is 2.59 bits per heavy atom. The molecule has 1 fully saturated rings. The highest BCUT2D eigenvalue weighted by Crippen LogP contribution is 2.50. The molecule has 2 aliphatic rings. The lowest BCUT2D eigenvalue weighted by Crippen LogP contribution is -2.50. The van der Waals surface area contributed by atoms with E-state index < -0.39 is 6.67 Å². The lowest BCUT2D eigenvalue weighted by Gasteiger charge is -2.51. The first-order chi connectivity index (χ1) is 12.9. The van der Waals surface area contributed by atoms with Gasteiger partial charge in [0.25, 0.3) is 0 Å². The Morgan fingerprint density at radius 2 is 1.96 bits per heavy atom. The van der Waals surface area contributed by atoms with Crippen LogP contribution in [0.2, 0.25) is 0 Å². The monoisotopic (exact) mass is 373 g/mol. The molecule has 2 heterocycles. The standard InChI is InChI=1S/C23H32FNO2/c1-16(2)11-18-15-25-10-7-17-12-21(26-4)22(27-5)13-19(17)20(25)14-23(18,3)8-6-9-24/h12-13,16,18,20H,7,9-11,14-15H2,1-5H3/t18-,20-,23+/m1/s1. The van der Waals surface area contributed by atoms with E-state index in [2.05, 4.69) is 49.6 Å². The summed E-state index contributed by atoms with van der Waals surface area (Å²) in [5.41, 5.74) is 2.48. The summed E-state index contributed by atoms with van der Waals surface area (Å²) >= 11 is 0. The van der Waals surface area contributed by atoms with Crippen LogP contribution in [-0.2, 0) is 6.42 Å². The number of piperidine rings is 1. The molecule has 0 aliphatic carbocycles. The number of rotatable bonds is 4. The minimum Gasteiger partial charge on any atom is -0.493 e. The van der Waals surface area contributed by atoms with Gasteiger partial charge in [-0.15, -0.1) is 0 Å². The first-order valence-corrected chi connectivity index (χ1v) is 9.96. The highest BCUT2D eigenvalue weighted by atomic mass is 19.1. The molecule has 4 heteroatoms. The maximum Gasteiger partial charge on any atom is 0.161 e. The fourth-order valence-electron chi connectivity index (χ4n) is 4.88. The van der Waals surface area contributed by atoms with Gasteiger partial charge in [0, 0.05) is 24.5 Å². The molecule has 1 aromatic carbocycles. The third-order valence-corrected chi connectivity index (χ3v) is 6.28. The topological polar surface area (TPSA) is 21.7 Å². The molecule has 1 saturated heterocycles. The lowest BCUT2D eigenvalue weighted by molar-refractivity contribution is 0.0190. The summed E-state index contributed by atoms with van der Waals surface area (Å²) in [6.07, 6.45) is 3.08. The number of benzene rings is 1. The summed E-state index contributed by atoms with van der Waals surface area (Å²) in [5.74, 6) is 8.70. The Labute approximate surface area is 163 Å². The van der Waals surface area contributed by atoms with Gasteiger partial charge in [-0.25, -0.2) is 4.39 Å². The molecule has 0 spiro atoms. The molecule has 0 radical (unpaired) electrons. The number of halogens is 1. The predicted octanol–water partition coefficient (Wildman–Crippen LogP) is 4.65. The van der Waals surface area contributed by atoms with Gasteiger partial charge >= 0.3 is 0 Å². The number of ether oxygens (including phenoxy) is 2. The number of alkyl halides is 1. The smallest absolute Gasteiger partial charge is 0.161 e. The fourth-order valence-corrected chi connectivity index (χ4v) is 4.88. The minimum absolute atomic E-state index is 0.167. The number of nitrogens with zero attached hydrogens (tertiary/aromatic N) is 1. The predicted molar refractivity (Wildman–Crippen MR) is 107 cm³/mol. The highest BCUT2D eigenvalue weighted by molar-refractivity contribution is 5.50. The van der Waals surface area contributed by atoms with Crippen LogP contribution in [0.5, 0.6) is 11.5 Å². The van der Waals surface area contributed by atoms with Crippen LogP contribution in [0.1, 0.15) is 50.8 Å². The zero-order chi connectivity index (χ0) is 19.6. The van der Waals surface area contributed by atoms with E-state index in [1.807, 2.05) is 0 Å². The van der Waals surface area contributed by atoms with Crippen LogP contribution in [0.4, 0.5) is 4.39 Å². The van der Waals surface area contributed by atoms with Crippen LogP contribution in [0.3, 0.4) is 0 Å². The van der Waals surface area contributed by atoms with Crippen molar-refractivity contribution in [2.75, 3.05) is 34.0 Å². The van der Waals surface area contributed by atoms with Crippen molar-refractivity contribution in [3.63, 3.8) is 0 Å². The molecule has 3 nitrogen and oxygen atoms in total. The number of methoxy groups -OCH3 is 2. The van der Waals surface area contributed by atoms with Gasteiger partial charge in [-0.1, -0.05) is 25.7 Å². The van der Waals surface area contributed by atoms with E-state index in [4.69, 9.17) is 9.47 Å². The van der Waals surface area contributed by atoms with Gasteiger partial charge in [0.15, 0.2) is 11.5 Å². The van der Waals surface area contributed by atoms with Gasteiger partial charge in [0.2, 0.25) is 0 Å². The van der Waals surface area contributed by atoms with Crippen molar-refractivity contribution in [1.82, 2.24) is 4.90 Å². The minimum atomic E-state index is -0.569. The molecule has 27 heavy (non-hydrogen) atoms. The average molecular weight is 374 g/mol.